The van der Waals surface area contributed by atoms with E-state index in [1.807, 2.05) is 0 Å². The Balaban J connectivity index is 0.958. The van der Waals surface area contributed by atoms with Crippen LogP contribution >= 0.6 is 0 Å². The van der Waals surface area contributed by atoms with Crippen LogP contribution in [0.5, 0.6) is 0 Å². The van der Waals surface area contributed by atoms with Crippen molar-refractivity contribution in [3.8, 4) is 50.2 Å². The molecule has 10 aromatic carbocycles. The predicted molar refractivity (Wildman–Crippen MR) is 264 cm³/mol. The summed E-state index contributed by atoms with van der Waals surface area (Å²) in [6, 6.07) is 86.9. The maximum absolute atomic E-state index is 6.68. The van der Waals surface area contributed by atoms with Gasteiger partial charge in [-0.1, -0.05) is 170 Å². The van der Waals surface area contributed by atoms with Crippen molar-refractivity contribution in [1.82, 2.24) is 4.57 Å². The molecule has 0 unspecified atom stereocenters. The Morgan fingerprint density at radius 1 is 0.286 bits per heavy atom. The first-order valence-corrected chi connectivity index (χ1v) is 21.5. The van der Waals surface area contributed by atoms with Crippen molar-refractivity contribution in [3.05, 3.63) is 243 Å². The smallest absolute Gasteiger partial charge is 0.137 e. The minimum absolute atomic E-state index is 0.843. The van der Waals surface area contributed by atoms with Crippen molar-refractivity contribution in [1.29, 1.82) is 0 Å². The van der Waals surface area contributed by atoms with Crippen LogP contribution in [0.2, 0.25) is 0 Å². The van der Waals surface area contributed by atoms with Gasteiger partial charge in [-0.2, -0.15) is 0 Å². The molecule has 0 atom stereocenters. The van der Waals surface area contributed by atoms with Crippen LogP contribution in [-0.4, -0.2) is 4.57 Å². The van der Waals surface area contributed by atoms with Crippen molar-refractivity contribution in [2.24, 2.45) is 0 Å². The molecule has 296 valence electrons. The van der Waals surface area contributed by atoms with E-state index < -0.39 is 0 Å². The van der Waals surface area contributed by atoms with Crippen molar-refractivity contribution >= 4 is 60.8 Å². The largest absolute Gasteiger partial charge is 0.456 e. The molecule has 3 nitrogen and oxygen atoms in total. The molecule has 0 radical (unpaired) electrons. The van der Waals surface area contributed by atoms with Gasteiger partial charge in [-0.05, 0) is 111 Å². The lowest BCUT2D eigenvalue weighted by atomic mass is 9.89. The summed E-state index contributed by atoms with van der Waals surface area (Å²) in [5.74, 6) is 0. The van der Waals surface area contributed by atoms with E-state index >= 15 is 0 Å². The van der Waals surface area contributed by atoms with Crippen LogP contribution in [0.1, 0.15) is 0 Å². The lowest BCUT2D eigenvalue weighted by Gasteiger charge is -2.26. The number of para-hydroxylation sites is 2. The molecule has 0 bridgehead atoms. The van der Waals surface area contributed by atoms with Crippen LogP contribution in [0.15, 0.2) is 247 Å². The molecule has 0 saturated heterocycles. The SMILES string of the molecule is c1ccc(-c2ccc(N(c3ccc(-c4ccccc4-c4ccccc4-c4ccccc4)cc3)c3ccc4c(c3)oc3ccc(-n5c6ccccc6c6ccccc65)cc34)cc2)cc1. The maximum atomic E-state index is 6.68. The van der Waals surface area contributed by atoms with Gasteiger partial charge in [0.05, 0.1) is 11.0 Å². The van der Waals surface area contributed by atoms with Gasteiger partial charge in [-0.25, -0.2) is 0 Å². The second-order valence-electron chi connectivity index (χ2n) is 16.1. The molecule has 0 aliphatic carbocycles. The van der Waals surface area contributed by atoms with Gasteiger partial charge >= 0.3 is 0 Å². The molecule has 0 amide bonds. The summed E-state index contributed by atoms with van der Waals surface area (Å²) >= 11 is 0. The highest BCUT2D eigenvalue weighted by Gasteiger charge is 2.19. The zero-order valence-electron chi connectivity index (χ0n) is 34.4. The number of aromatic nitrogens is 1. The van der Waals surface area contributed by atoms with Crippen molar-refractivity contribution < 1.29 is 4.42 Å². The van der Waals surface area contributed by atoms with E-state index in [1.165, 1.54) is 60.8 Å². The molecule has 0 N–H and O–H groups in total. The lowest BCUT2D eigenvalue weighted by Crippen LogP contribution is -2.09. The summed E-state index contributed by atoms with van der Waals surface area (Å²) in [6.07, 6.45) is 0. The second kappa shape index (κ2) is 15.3. The molecule has 2 aromatic heterocycles. The minimum Gasteiger partial charge on any atom is -0.456 e. The molecule has 0 aliphatic heterocycles. The van der Waals surface area contributed by atoms with Gasteiger partial charge in [-0.15, -0.1) is 0 Å². The molecule has 2 heterocycles. The predicted octanol–water partition coefficient (Wildman–Crippen LogP) is 16.8. The highest BCUT2D eigenvalue weighted by Crippen LogP contribution is 2.43. The molecular weight excluding hydrogens is 765 g/mol. The van der Waals surface area contributed by atoms with Gasteiger partial charge in [0.1, 0.15) is 11.2 Å². The number of anilines is 3. The Kier molecular flexibility index (Phi) is 8.83. The highest BCUT2D eigenvalue weighted by atomic mass is 16.3. The molecule has 0 fully saturated rings. The maximum Gasteiger partial charge on any atom is 0.137 e. The van der Waals surface area contributed by atoms with Crippen molar-refractivity contribution in [2.45, 2.75) is 0 Å². The van der Waals surface area contributed by atoms with Gasteiger partial charge in [0.25, 0.3) is 0 Å². The first kappa shape index (κ1) is 36.5. The first-order chi connectivity index (χ1) is 31.2. The van der Waals surface area contributed by atoms with E-state index in [1.54, 1.807) is 0 Å². The van der Waals surface area contributed by atoms with E-state index in [0.717, 1.165) is 50.3 Å². The molecule has 12 aromatic rings. The van der Waals surface area contributed by atoms with Gasteiger partial charge in [-0.3, -0.25) is 0 Å². The summed E-state index contributed by atoms with van der Waals surface area (Å²) in [5.41, 5.74) is 17.9. The average Bonchev–Trinajstić information content (AvgIpc) is 3.90. The number of rotatable bonds is 8. The monoisotopic (exact) mass is 804 g/mol. The zero-order chi connectivity index (χ0) is 41.7. The number of furan rings is 1. The Labute approximate surface area is 366 Å². The molecule has 0 saturated carbocycles. The van der Waals surface area contributed by atoms with Crippen LogP contribution in [-0.2, 0) is 0 Å². The van der Waals surface area contributed by atoms with E-state index in [9.17, 15) is 0 Å². The molecule has 0 spiro atoms. The van der Waals surface area contributed by atoms with Crippen LogP contribution in [0, 0.1) is 0 Å². The van der Waals surface area contributed by atoms with Crippen molar-refractivity contribution in [3.63, 3.8) is 0 Å². The Bertz CT molecular complexity index is 3550. The fourth-order valence-electron chi connectivity index (χ4n) is 9.46. The summed E-state index contributed by atoms with van der Waals surface area (Å²) in [7, 11) is 0. The molecule has 12 rings (SSSR count). The van der Waals surface area contributed by atoms with Gasteiger partial charge < -0.3 is 13.9 Å². The van der Waals surface area contributed by atoms with Crippen LogP contribution in [0.3, 0.4) is 0 Å². The average molecular weight is 805 g/mol. The third-order valence-corrected chi connectivity index (χ3v) is 12.4. The van der Waals surface area contributed by atoms with Gasteiger partial charge in [0.15, 0.2) is 0 Å². The van der Waals surface area contributed by atoms with E-state index in [-0.39, 0.29) is 0 Å². The zero-order valence-corrected chi connectivity index (χ0v) is 34.4. The van der Waals surface area contributed by atoms with E-state index in [0.29, 0.717) is 0 Å². The Morgan fingerprint density at radius 2 is 0.746 bits per heavy atom. The Hall–Kier alpha value is -8.40. The first-order valence-electron chi connectivity index (χ1n) is 21.5. The molecule has 3 heteroatoms. The number of benzene rings is 10. The number of hydrogen-bond donors (Lipinski definition) is 0. The fourth-order valence-corrected chi connectivity index (χ4v) is 9.46. The van der Waals surface area contributed by atoms with Crippen LogP contribution < -0.4 is 4.90 Å². The Morgan fingerprint density at radius 3 is 1.35 bits per heavy atom. The summed E-state index contributed by atoms with van der Waals surface area (Å²) in [6.45, 7) is 0. The second-order valence-corrected chi connectivity index (χ2v) is 16.1. The normalized spacial score (nSPS) is 11.5. The number of fused-ring (bicyclic) bond motifs is 6. The highest BCUT2D eigenvalue weighted by molar-refractivity contribution is 6.11. The summed E-state index contributed by atoms with van der Waals surface area (Å²) < 4.78 is 9.04. The third-order valence-electron chi connectivity index (χ3n) is 12.4. The number of hydrogen-bond acceptors (Lipinski definition) is 2. The summed E-state index contributed by atoms with van der Waals surface area (Å²) in [4.78, 5) is 2.32. The van der Waals surface area contributed by atoms with Crippen LogP contribution in [0.25, 0.3) is 93.9 Å². The van der Waals surface area contributed by atoms with Crippen LogP contribution in [0.4, 0.5) is 17.1 Å². The van der Waals surface area contributed by atoms with E-state index in [4.69, 9.17) is 4.42 Å². The van der Waals surface area contributed by atoms with Gasteiger partial charge in [0, 0.05) is 50.4 Å². The fraction of sp³-hybridized carbons (Fsp3) is 0. The quantitative estimate of drug-likeness (QED) is 0.153. The van der Waals surface area contributed by atoms with Gasteiger partial charge in [0.2, 0.25) is 0 Å². The molecule has 63 heavy (non-hydrogen) atoms. The third kappa shape index (κ3) is 6.38. The molecular formula is C60H40N2O. The molecule has 0 aliphatic rings. The summed E-state index contributed by atoms with van der Waals surface area (Å²) in [5, 5.41) is 4.67. The lowest BCUT2D eigenvalue weighted by molar-refractivity contribution is 0.669. The standard InChI is InChI=1S/C60H40N2O/c1-3-15-41(16-4-1)42-27-31-45(32-28-42)61(46-33-29-44(30-34-46)50-20-8-10-22-52(50)51-21-9-7-19-49(51)43-17-5-2-6-18-43)48-35-37-55-56-39-47(36-38-59(56)63-60(55)40-48)62-57-25-13-11-23-53(57)54-24-12-14-26-58(54)62/h1-40H. The number of nitrogens with zero attached hydrogens (tertiary/aromatic N) is 2. The topological polar surface area (TPSA) is 21.3 Å². The van der Waals surface area contributed by atoms with Crippen molar-refractivity contribution in [2.75, 3.05) is 4.90 Å². The van der Waals surface area contributed by atoms with E-state index in [2.05, 4.69) is 252 Å². The minimum atomic E-state index is 0.843.